The fourth-order valence-electron chi connectivity index (χ4n) is 6.71. The number of ether oxygens (including phenoxy) is 3. The van der Waals surface area contributed by atoms with Gasteiger partial charge < -0.3 is 30.1 Å². The van der Waals surface area contributed by atoms with Gasteiger partial charge in [0.15, 0.2) is 28.6 Å². The molecular formula is C42H37N5O10S. The van der Waals surface area contributed by atoms with Crippen molar-refractivity contribution in [2.24, 2.45) is 5.16 Å². The summed E-state index contributed by atoms with van der Waals surface area (Å²) in [6.45, 7) is -0.707. The maximum atomic E-state index is 14.9. The number of hydroxylamine groups is 2. The number of esters is 3. The van der Waals surface area contributed by atoms with E-state index in [1.54, 1.807) is 109 Å². The molecule has 2 amide bonds. The van der Waals surface area contributed by atoms with Crippen molar-refractivity contribution in [3.8, 4) is 0 Å². The summed E-state index contributed by atoms with van der Waals surface area (Å²) in [6.07, 6.45) is -3.35. The number of hydrogen-bond acceptors (Lipinski definition) is 14. The van der Waals surface area contributed by atoms with Gasteiger partial charge in [-0.25, -0.2) is 9.78 Å². The standard InChI is InChI=1S/C42H37N5O10S/c1-53-46-34(31-25-58-40(43)44-31)37(50)45-41(24-33(49)55-35(27-14-6-2-7-15-27)28-16-8-3-9-17-28)26-54-47(38(41)51)42(23-22-32(48)57-42)39(52)56-36(29-18-10-4-11-19-29)30-20-12-5-13-21-30/h2-21,25,35-36H,22-24,26H2,1H3,(H2,43,44)(H,45,50)/b46-34-. The summed E-state index contributed by atoms with van der Waals surface area (Å²) in [5, 5.41) is 8.56. The van der Waals surface area contributed by atoms with Gasteiger partial charge in [-0.05, 0) is 22.3 Å². The quantitative estimate of drug-likeness (QED) is 0.0675. The van der Waals surface area contributed by atoms with E-state index in [1.165, 1.54) is 12.5 Å². The molecule has 58 heavy (non-hydrogen) atoms. The number of anilines is 1. The van der Waals surface area contributed by atoms with Crippen LogP contribution in [-0.4, -0.2) is 70.5 Å². The number of nitrogen functional groups attached to an aromatic ring is 1. The molecule has 2 saturated heterocycles. The number of carbonyl (C=O) groups is 5. The summed E-state index contributed by atoms with van der Waals surface area (Å²) in [7, 11) is 1.21. The maximum Gasteiger partial charge on any atom is 0.376 e. The molecular weight excluding hydrogens is 767 g/mol. The van der Waals surface area contributed by atoms with Crippen LogP contribution in [0.1, 0.15) is 59.4 Å². The molecule has 1 aromatic heterocycles. The van der Waals surface area contributed by atoms with E-state index in [0.717, 1.165) is 11.3 Å². The molecule has 4 aromatic carbocycles. The number of nitrogens with two attached hydrogens (primary N) is 1. The number of nitrogens with zero attached hydrogens (tertiary/aromatic N) is 3. The lowest BCUT2D eigenvalue weighted by Gasteiger charge is -2.35. The maximum absolute atomic E-state index is 14.9. The average Bonchev–Trinajstić information content (AvgIpc) is 3.95. The zero-order chi connectivity index (χ0) is 40.7. The number of carbonyl (C=O) groups excluding carboxylic acids is 5. The number of nitrogens with one attached hydrogen (secondary N) is 1. The van der Waals surface area contributed by atoms with Crippen molar-refractivity contribution in [1.82, 2.24) is 15.4 Å². The van der Waals surface area contributed by atoms with Gasteiger partial charge in [0.05, 0.1) is 12.8 Å². The first-order chi connectivity index (χ1) is 28.1. The number of amides is 2. The smallest absolute Gasteiger partial charge is 0.376 e. The largest absolute Gasteiger partial charge is 0.452 e. The van der Waals surface area contributed by atoms with Crippen LogP contribution in [0.25, 0.3) is 0 Å². The zero-order valence-corrected chi connectivity index (χ0v) is 31.8. The second-order valence-corrected chi connectivity index (χ2v) is 14.2. The van der Waals surface area contributed by atoms with E-state index in [0.29, 0.717) is 27.3 Å². The van der Waals surface area contributed by atoms with Crippen LogP contribution in [0.3, 0.4) is 0 Å². The molecule has 0 aliphatic carbocycles. The summed E-state index contributed by atoms with van der Waals surface area (Å²) in [5.41, 5.74) is 3.23. The number of cyclic esters (lactones) is 1. The highest BCUT2D eigenvalue weighted by Crippen LogP contribution is 2.41. The van der Waals surface area contributed by atoms with Gasteiger partial charge in [0, 0.05) is 11.8 Å². The van der Waals surface area contributed by atoms with Gasteiger partial charge >= 0.3 is 23.6 Å². The third kappa shape index (κ3) is 8.14. The molecule has 0 bridgehead atoms. The molecule has 3 heterocycles. The van der Waals surface area contributed by atoms with Crippen LogP contribution in [0.4, 0.5) is 5.13 Å². The topological polar surface area (TPSA) is 198 Å². The van der Waals surface area contributed by atoms with Gasteiger partial charge in [-0.3, -0.25) is 24.0 Å². The monoisotopic (exact) mass is 803 g/mol. The fourth-order valence-corrected chi connectivity index (χ4v) is 7.25. The molecule has 2 unspecified atom stereocenters. The van der Waals surface area contributed by atoms with Crippen LogP contribution < -0.4 is 11.1 Å². The molecule has 2 atom stereocenters. The van der Waals surface area contributed by atoms with Gasteiger partial charge in [-0.1, -0.05) is 126 Å². The van der Waals surface area contributed by atoms with Gasteiger partial charge in [0.25, 0.3) is 11.8 Å². The lowest BCUT2D eigenvalue weighted by Crippen LogP contribution is -2.63. The Hall–Kier alpha value is -6.91. The number of rotatable bonds is 14. The van der Waals surface area contributed by atoms with E-state index in [1.807, 2.05) is 12.1 Å². The Labute approximate surface area is 336 Å². The Morgan fingerprint density at radius 1 is 0.845 bits per heavy atom. The molecule has 0 saturated carbocycles. The minimum Gasteiger partial charge on any atom is -0.452 e. The normalized spacial score (nSPS) is 19.2. The SMILES string of the molecule is CO/N=C(\C(=O)NC1(CC(=O)OC(c2ccccc2)c2ccccc2)CON(C2(C(=O)OC(c3ccccc3)c3ccccc3)CCC(=O)O2)C1=O)c1csc(N)n1. The first-order valence-electron chi connectivity index (χ1n) is 18.1. The Bertz CT molecular complexity index is 2230. The van der Waals surface area contributed by atoms with Crippen molar-refractivity contribution in [2.75, 3.05) is 19.5 Å². The van der Waals surface area contributed by atoms with Gasteiger partial charge in [0.1, 0.15) is 19.4 Å². The minimum absolute atomic E-state index is 0.0219. The van der Waals surface area contributed by atoms with Gasteiger partial charge in [-0.15, -0.1) is 11.3 Å². The summed E-state index contributed by atoms with van der Waals surface area (Å²) in [6, 6.07) is 35.6. The third-order valence-electron chi connectivity index (χ3n) is 9.48. The Morgan fingerprint density at radius 2 is 1.36 bits per heavy atom. The summed E-state index contributed by atoms with van der Waals surface area (Å²) >= 11 is 1.03. The highest BCUT2D eigenvalue weighted by molar-refractivity contribution is 7.13. The molecule has 5 aromatic rings. The number of thiazole rings is 1. The summed E-state index contributed by atoms with van der Waals surface area (Å²) in [5.74, 6) is -4.97. The van der Waals surface area contributed by atoms with Crippen LogP contribution in [0.15, 0.2) is 132 Å². The highest BCUT2D eigenvalue weighted by Gasteiger charge is 2.65. The lowest BCUT2D eigenvalue weighted by molar-refractivity contribution is -0.260. The van der Waals surface area contributed by atoms with E-state index in [2.05, 4.69) is 15.5 Å². The van der Waals surface area contributed by atoms with Crippen molar-refractivity contribution < 1.29 is 47.9 Å². The average molecular weight is 804 g/mol. The molecule has 7 rings (SSSR count). The summed E-state index contributed by atoms with van der Waals surface area (Å²) in [4.78, 5) is 85.5. The van der Waals surface area contributed by atoms with E-state index in [-0.39, 0.29) is 29.4 Å². The predicted molar refractivity (Wildman–Crippen MR) is 208 cm³/mol. The molecule has 16 heteroatoms. The number of benzene rings is 4. The fraction of sp³-hybridized carbons (Fsp3) is 0.214. The van der Waals surface area contributed by atoms with Crippen LogP contribution in [0.5, 0.6) is 0 Å². The van der Waals surface area contributed by atoms with Crippen molar-refractivity contribution >= 4 is 51.9 Å². The second-order valence-electron chi connectivity index (χ2n) is 13.3. The second kappa shape index (κ2) is 17.1. The zero-order valence-electron chi connectivity index (χ0n) is 31.0. The Balaban J connectivity index is 1.24. The molecule has 2 aliphatic rings. The molecule has 0 spiro atoms. The van der Waals surface area contributed by atoms with Crippen LogP contribution >= 0.6 is 11.3 Å². The van der Waals surface area contributed by atoms with Crippen LogP contribution in [0, 0.1) is 0 Å². The molecule has 296 valence electrons. The first-order valence-corrected chi connectivity index (χ1v) is 19.0. The lowest BCUT2D eigenvalue weighted by atomic mass is 9.93. The number of aromatic nitrogens is 1. The van der Waals surface area contributed by atoms with Crippen molar-refractivity contribution in [1.29, 1.82) is 0 Å². The minimum atomic E-state index is -2.45. The number of oxime groups is 1. The van der Waals surface area contributed by atoms with E-state index in [4.69, 9.17) is 29.6 Å². The van der Waals surface area contributed by atoms with Gasteiger partial charge in [0.2, 0.25) is 0 Å². The molecule has 3 N–H and O–H groups in total. The first kappa shape index (κ1) is 39.3. The van der Waals surface area contributed by atoms with Crippen LogP contribution in [0.2, 0.25) is 0 Å². The van der Waals surface area contributed by atoms with E-state index in [9.17, 15) is 24.0 Å². The Morgan fingerprint density at radius 3 is 1.81 bits per heavy atom. The van der Waals surface area contributed by atoms with Gasteiger partial charge in [-0.2, -0.15) is 5.06 Å². The number of hydrogen-bond donors (Lipinski definition) is 2. The molecule has 0 radical (unpaired) electrons. The third-order valence-corrected chi connectivity index (χ3v) is 10.2. The molecule has 2 aliphatic heterocycles. The van der Waals surface area contributed by atoms with Crippen molar-refractivity contribution in [3.63, 3.8) is 0 Å². The summed E-state index contributed by atoms with van der Waals surface area (Å²) < 4.78 is 17.8. The Kier molecular flexibility index (Phi) is 11.6. The highest BCUT2D eigenvalue weighted by atomic mass is 32.1. The van der Waals surface area contributed by atoms with Crippen molar-refractivity contribution in [2.45, 2.75) is 42.7 Å². The molecule has 2 fully saturated rings. The van der Waals surface area contributed by atoms with Crippen LogP contribution in [-0.2, 0) is 47.9 Å². The molecule has 15 nitrogen and oxygen atoms in total. The van der Waals surface area contributed by atoms with Crippen molar-refractivity contribution in [3.05, 3.63) is 155 Å². The van der Waals surface area contributed by atoms with E-state index >= 15 is 0 Å². The predicted octanol–water partition coefficient (Wildman–Crippen LogP) is 4.79. The van der Waals surface area contributed by atoms with E-state index < -0.39 is 66.2 Å².